The van der Waals surface area contributed by atoms with Gasteiger partial charge in [-0.1, -0.05) is 26.2 Å². The summed E-state index contributed by atoms with van der Waals surface area (Å²) in [6.45, 7) is 9.48. The first-order chi connectivity index (χ1) is 14.4. The minimum atomic E-state index is -0.250. The van der Waals surface area contributed by atoms with E-state index in [2.05, 4.69) is 45.1 Å². The van der Waals surface area contributed by atoms with E-state index in [1.54, 1.807) is 0 Å². The van der Waals surface area contributed by atoms with E-state index in [1.165, 1.54) is 51.9 Å². The fraction of sp³-hybridized carbons (Fsp3) is 0.714. The number of piperazine rings is 1. The molecule has 3 N–H and O–H groups in total. The van der Waals surface area contributed by atoms with E-state index in [0.717, 1.165) is 36.7 Å². The van der Waals surface area contributed by atoms with Gasteiger partial charge in [-0.15, -0.1) is 0 Å². The molecule has 3 rings (SSSR count). The van der Waals surface area contributed by atoms with Gasteiger partial charge in [0.1, 0.15) is 11.6 Å². The molecule has 1 aliphatic carbocycles. The molecular formula is C21H37N5O4. The van der Waals surface area contributed by atoms with Crippen molar-refractivity contribution in [3.05, 3.63) is 17.6 Å². The van der Waals surface area contributed by atoms with Crippen molar-refractivity contribution in [2.75, 3.05) is 45.1 Å². The highest BCUT2D eigenvalue weighted by atomic mass is 16.3. The van der Waals surface area contributed by atoms with Gasteiger partial charge in [0, 0.05) is 50.0 Å². The van der Waals surface area contributed by atoms with Crippen LogP contribution in [0.2, 0.25) is 0 Å². The molecule has 2 fully saturated rings. The first-order valence-corrected chi connectivity index (χ1v) is 10.6. The zero-order valence-electron chi connectivity index (χ0n) is 18.5. The van der Waals surface area contributed by atoms with Crippen LogP contribution < -0.4 is 5.32 Å². The van der Waals surface area contributed by atoms with Crippen LogP contribution in [0.5, 0.6) is 0 Å². The molecule has 9 heteroatoms. The SMILES string of the molecule is CCCc1cc(NCC2(N3CCN(C)CC3)CCCC2)nc(C)n1.O=CO.O=CO. The molecule has 0 bridgehead atoms. The Hall–Kier alpha value is -2.26. The minimum Gasteiger partial charge on any atom is -0.483 e. The van der Waals surface area contributed by atoms with E-state index in [0.29, 0.717) is 5.54 Å². The molecule has 9 nitrogen and oxygen atoms in total. The highest BCUT2D eigenvalue weighted by molar-refractivity contribution is 5.37. The number of hydrogen-bond donors (Lipinski definition) is 3. The van der Waals surface area contributed by atoms with Crippen molar-refractivity contribution in [1.29, 1.82) is 0 Å². The zero-order chi connectivity index (χ0) is 22.4. The van der Waals surface area contributed by atoms with E-state index in [-0.39, 0.29) is 12.9 Å². The van der Waals surface area contributed by atoms with Crippen LogP contribution in [0.4, 0.5) is 5.82 Å². The lowest BCUT2D eigenvalue weighted by Gasteiger charge is -2.45. The van der Waals surface area contributed by atoms with Gasteiger partial charge in [-0.05, 0) is 33.2 Å². The number of aromatic nitrogens is 2. The molecule has 0 radical (unpaired) electrons. The van der Waals surface area contributed by atoms with Crippen LogP contribution in [0.25, 0.3) is 0 Å². The average molecular weight is 424 g/mol. The maximum absolute atomic E-state index is 8.36. The van der Waals surface area contributed by atoms with Crippen molar-refractivity contribution in [1.82, 2.24) is 19.8 Å². The van der Waals surface area contributed by atoms with Crippen molar-refractivity contribution in [2.45, 2.75) is 57.9 Å². The summed E-state index contributed by atoms with van der Waals surface area (Å²) in [6, 6.07) is 2.14. The topological polar surface area (TPSA) is 119 Å². The second kappa shape index (κ2) is 13.9. The van der Waals surface area contributed by atoms with Crippen molar-refractivity contribution < 1.29 is 19.8 Å². The summed E-state index contributed by atoms with van der Waals surface area (Å²) < 4.78 is 0. The van der Waals surface area contributed by atoms with Gasteiger partial charge in [0.2, 0.25) is 0 Å². The van der Waals surface area contributed by atoms with Gasteiger partial charge in [-0.3, -0.25) is 14.5 Å². The first kappa shape index (κ1) is 25.8. The zero-order valence-corrected chi connectivity index (χ0v) is 18.5. The van der Waals surface area contributed by atoms with Gasteiger partial charge < -0.3 is 20.4 Å². The van der Waals surface area contributed by atoms with Crippen LogP contribution in [-0.2, 0) is 16.0 Å². The van der Waals surface area contributed by atoms with Gasteiger partial charge in [0.15, 0.2) is 0 Å². The number of aryl methyl sites for hydroxylation is 2. The molecule has 1 aliphatic heterocycles. The van der Waals surface area contributed by atoms with Crippen LogP contribution in [-0.4, -0.2) is 88.2 Å². The first-order valence-electron chi connectivity index (χ1n) is 10.6. The van der Waals surface area contributed by atoms with Crippen LogP contribution in [0.3, 0.4) is 0 Å². The third-order valence-electron chi connectivity index (χ3n) is 5.70. The summed E-state index contributed by atoms with van der Waals surface area (Å²) in [6.07, 6.45) is 7.50. The smallest absolute Gasteiger partial charge is 0.290 e. The van der Waals surface area contributed by atoms with E-state index < -0.39 is 0 Å². The van der Waals surface area contributed by atoms with Crippen LogP contribution in [0, 0.1) is 6.92 Å². The summed E-state index contributed by atoms with van der Waals surface area (Å²) >= 11 is 0. The largest absolute Gasteiger partial charge is 0.483 e. The molecule has 1 saturated heterocycles. The summed E-state index contributed by atoms with van der Waals surface area (Å²) in [4.78, 5) is 31.1. The second-order valence-electron chi connectivity index (χ2n) is 7.83. The lowest BCUT2D eigenvalue weighted by Crippen LogP contribution is -2.58. The van der Waals surface area contributed by atoms with E-state index in [4.69, 9.17) is 19.8 Å². The molecular weight excluding hydrogens is 386 g/mol. The lowest BCUT2D eigenvalue weighted by atomic mass is 9.93. The van der Waals surface area contributed by atoms with E-state index >= 15 is 0 Å². The normalized spacial score (nSPS) is 18.4. The summed E-state index contributed by atoms with van der Waals surface area (Å²) in [5.41, 5.74) is 1.48. The molecule has 0 atom stereocenters. The number of nitrogens with zero attached hydrogens (tertiary/aromatic N) is 4. The van der Waals surface area contributed by atoms with Crippen molar-refractivity contribution in [2.24, 2.45) is 0 Å². The Kier molecular flexibility index (Phi) is 11.9. The Morgan fingerprint density at radius 3 is 2.20 bits per heavy atom. The summed E-state index contributed by atoms with van der Waals surface area (Å²) in [5.74, 6) is 1.88. The Bertz CT molecular complexity index is 624. The number of carboxylic acid groups (broad SMARTS) is 2. The highest BCUT2D eigenvalue weighted by Crippen LogP contribution is 2.36. The van der Waals surface area contributed by atoms with Crippen molar-refractivity contribution in [3.63, 3.8) is 0 Å². The Labute approximate surface area is 179 Å². The minimum absolute atomic E-state index is 0.250. The lowest BCUT2D eigenvalue weighted by molar-refractivity contribution is -0.123. The average Bonchev–Trinajstić information content (AvgIpc) is 3.18. The van der Waals surface area contributed by atoms with Crippen molar-refractivity contribution >= 4 is 18.8 Å². The Morgan fingerprint density at radius 1 is 1.10 bits per heavy atom. The number of carbonyl (C=O) groups is 2. The molecule has 2 heterocycles. The molecule has 1 aromatic heterocycles. The Balaban J connectivity index is 0.000000672. The predicted octanol–water partition coefficient (Wildman–Crippen LogP) is 2.11. The highest BCUT2D eigenvalue weighted by Gasteiger charge is 2.40. The number of hydrogen-bond acceptors (Lipinski definition) is 7. The fourth-order valence-electron chi connectivity index (χ4n) is 4.28. The molecule has 0 unspecified atom stereocenters. The molecule has 1 aromatic rings. The molecule has 0 spiro atoms. The van der Waals surface area contributed by atoms with Gasteiger partial charge in [0.05, 0.1) is 0 Å². The van der Waals surface area contributed by atoms with Gasteiger partial charge in [0.25, 0.3) is 12.9 Å². The predicted molar refractivity (Wildman–Crippen MR) is 117 cm³/mol. The molecule has 30 heavy (non-hydrogen) atoms. The second-order valence-corrected chi connectivity index (χ2v) is 7.83. The maximum Gasteiger partial charge on any atom is 0.290 e. The monoisotopic (exact) mass is 423 g/mol. The van der Waals surface area contributed by atoms with Gasteiger partial charge >= 0.3 is 0 Å². The molecule has 0 amide bonds. The fourth-order valence-corrected chi connectivity index (χ4v) is 4.28. The number of likely N-dealkylation sites (N-methyl/N-ethyl adjacent to an activating group) is 1. The molecule has 2 aliphatic rings. The number of anilines is 1. The number of nitrogens with one attached hydrogen (secondary N) is 1. The van der Waals surface area contributed by atoms with Crippen LogP contribution >= 0.6 is 0 Å². The van der Waals surface area contributed by atoms with E-state index in [1.807, 2.05) is 6.92 Å². The van der Waals surface area contributed by atoms with Crippen LogP contribution in [0.1, 0.15) is 50.5 Å². The summed E-state index contributed by atoms with van der Waals surface area (Å²) in [7, 11) is 2.23. The third-order valence-corrected chi connectivity index (χ3v) is 5.70. The summed E-state index contributed by atoms with van der Waals surface area (Å²) in [5, 5.41) is 17.4. The van der Waals surface area contributed by atoms with Crippen molar-refractivity contribution in [3.8, 4) is 0 Å². The molecule has 1 saturated carbocycles. The Morgan fingerprint density at radius 2 is 1.67 bits per heavy atom. The molecule has 170 valence electrons. The third kappa shape index (κ3) is 8.23. The van der Waals surface area contributed by atoms with Crippen LogP contribution in [0.15, 0.2) is 6.07 Å². The van der Waals surface area contributed by atoms with Gasteiger partial charge in [-0.2, -0.15) is 0 Å². The quantitative estimate of drug-likeness (QED) is 0.591. The molecule has 0 aromatic carbocycles. The number of rotatable bonds is 6. The van der Waals surface area contributed by atoms with Gasteiger partial charge in [-0.25, -0.2) is 9.97 Å². The van der Waals surface area contributed by atoms with E-state index in [9.17, 15) is 0 Å². The maximum atomic E-state index is 8.36. The standard InChI is InChI=1S/C19H33N5.2CH2O2/c1-4-7-17-14-18(22-16(2)21-17)20-15-19(8-5-6-9-19)24-12-10-23(3)11-13-24;2*2-1-3/h14H,4-13,15H2,1-3H3,(H,20,21,22);2*1H,(H,2,3).